The number of benzene rings is 1. The van der Waals surface area contributed by atoms with E-state index >= 15 is 0 Å². The van der Waals surface area contributed by atoms with Crippen molar-refractivity contribution in [3.63, 3.8) is 0 Å². The van der Waals surface area contributed by atoms with Crippen molar-refractivity contribution in [3.05, 3.63) is 28.8 Å². The summed E-state index contributed by atoms with van der Waals surface area (Å²) in [6.07, 6.45) is -2.36. The minimum absolute atomic E-state index is 0.00497. The first kappa shape index (κ1) is 19.4. The zero-order valence-corrected chi connectivity index (χ0v) is 15.3. The highest BCUT2D eigenvalue weighted by atomic mass is 35.5. The Bertz CT molecular complexity index is 801. The second kappa shape index (κ2) is 7.01. The van der Waals surface area contributed by atoms with Crippen LogP contribution in [0.15, 0.2) is 23.1 Å². The normalized spacial score (nSPS) is 20.2. The Balaban J connectivity index is 1.76. The molecule has 1 aromatic carbocycles. The molecule has 1 amide bonds. The van der Waals surface area contributed by atoms with Gasteiger partial charge in [-0.05, 0) is 43.9 Å². The first-order valence-electron chi connectivity index (χ1n) is 8.26. The summed E-state index contributed by atoms with van der Waals surface area (Å²) in [5.74, 6) is -0.415. The number of hydrogen-bond donors (Lipinski definition) is 1. The molecule has 0 radical (unpaired) electrons. The standard InChI is InChI=1S/C16H18ClF3N2O3S/c17-11-1-4-14(13(9-11)16(18,19)20)26(24,25)22-7-5-10(6-8-22)15(23)21-12-2-3-12/h1,4,9-10,12H,2-3,5-8H2,(H,21,23). The Labute approximate surface area is 154 Å². The maximum Gasteiger partial charge on any atom is 0.417 e. The molecule has 144 valence electrons. The molecule has 0 aromatic heterocycles. The van der Waals surface area contributed by atoms with Crippen molar-refractivity contribution < 1.29 is 26.4 Å². The van der Waals surface area contributed by atoms with Crippen molar-refractivity contribution in [1.29, 1.82) is 0 Å². The molecule has 0 bridgehead atoms. The van der Waals surface area contributed by atoms with Crippen molar-refractivity contribution in [2.45, 2.75) is 42.8 Å². The molecule has 3 rings (SSSR count). The number of rotatable bonds is 4. The zero-order valence-electron chi connectivity index (χ0n) is 13.7. The maximum absolute atomic E-state index is 13.2. The van der Waals surface area contributed by atoms with E-state index in [-0.39, 0.29) is 48.8 Å². The third kappa shape index (κ3) is 4.15. The molecule has 2 fully saturated rings. The van der Waals surface area contributed by atoms with Crippen LogP contribution >= 0.6 is 11.6 Å². The van der Waals surface area contributed by atoms with Crippen LogP contribution in [0.3, 0.4) is 0 Å². The van der Waals surface area contributed by atoms with Crippen molar-refractivity contribution in [2.75, 3.05) is 13.1 Å². The molecule has 0 atom stereocenters. The van der Waals surface area contributed by atoms with Crippen molar-refractivity contribution in [2.24, 2.45) is 5.92 Å². The fourth-order valence-electron chi connectivity index (χ4n) is 2.99. The van der Waals surface area contributed by atoms with Crippen LogP contribution < -0.4 is 5.32 Å². The fraction of sp³-hybridized carbons (Fsp3) is 0.562. The zero-order chi connectivity index (χ0) is 19.1. The summed E-state index contributed by atoms with van der Waals surface area (Å²) >= 11 is 5.61. The lowest BCUT2D eigenvalue weighted by Crippen LogP contribution is -2.43. The van der Waals surface area contributed by atoms with E-state index in [1.54, 1.807) is 0 Å². The molecule has 1 heterocycles. The predicted molar refractivity (Wildman–Crippen MR) is 89.1 cm³/mol. The van der Waals surface area contributed by atoms with Crippen LogP contribution in [0.2, 0.25) is 5.02 Å². The summed E-state index contributed by atoms with van der Waals surface area (Å²) in [6.45, 7) is 0.00994. The van der Waals surface area contributed by atoms with E-state index < -0.39 is 26.7 Å². The lowest BCUT2D eigenvalue weighted by atomic mass is 9.97. The van der Waals surface area contributed by atoms with Crippen LogP contribution in [-0.4, -0.2) is 37.8 Å². The molecule has 1 saturated heterocycles. The second-order valence-corrected chi connectivity index (χ2v) is 8.94. The van der Waals surface area contributed by atoms with Crippen molar-refractivity contribution >= 4 is 27.5 Å². The molecule has 1 N–H and O–H groups in total. The monoisotopic (exact) mass is 410 g/mol. The van der Waals surface area contributed by atoms with Gasteiger partial charge in [0.15, 0.2) is 0 Å². The first-order chi connectivity index (χ1) is 12.1. The number of alkyl halides is 3. The highest BCUT2D eigenvalue weighted by molar-refractivity contribution is 7.89. The molecule has 26 heavy (non-hydrogen) atoms. The molecule has 10 heteroatoms. The molecule has 1 aromatic rings. The lowest BCUT2D eigenvalue weighted by Gasteiger charge is -2.31. The summed E-state index contributed by atoms with van der Waals surface area (Å²) in [5.41, 5.74) is -1.28. The third-order valence-corrected chi connectivity index (χ3v) is 6.81. The predicted octanol–water partition coefficient (Wildman–Crippen LogP) is 3.04. The van der Waals surface area contributed by atoms with Crippen molar-refractivity contribution in [1.82, 2.24) is 9.62 Å². The van der Waals surface area contributed by atoms with Gasteiger partial charge in [-0.2, -0.15) is 17.5 Å². The van der Waals surface area contributed by atoms with Gasteiger partial charge in [-0.1, -0.05) is 11.6 Å². The van der Waals surface area contributed by atoms with Crippen LogP contribution in [0.1, 0.15) is 31.2 Å². The van der Waals surface area contributed by atoms with E-state index in [2.05, 4.69) is 5.32 Å². The SMILES string of the molecule is O=C(NC1CC1)C1CCN(S(=O)(=O)c2ccc(Cl)cc2C(F)(F)F)CC1. The van der Waals surface area contributed by atoms with Crippen LogP contribution in [0.25, 0.3) is 0 Å². The minimum Gasteiger partial charge on any atom is -0.353 e. The van der Waals surface area contributed by atoms with Crippen LogP contribution in [0.4, 0.5) is 13.2 Å². The van der Waals surface area contributed by atoms with Gasteiger partial charge in [0, 0.05) is 30.1 Å². The Morgan fingerprint density at radius 2 is 1.77 bits per heavy atom. The largest absolute Gasteiger partial charge is 0.417 e. The number of carbonyl (C=O) groups excluding carboxylic acids is 1. The molecule has 0 spiro atoms. The molecule has 1 saturated carbocycles. The van der Waals surface area contributed by atoms with Crippen LogP contribution in [0, 0.1) is 5.92 Å². The number of carbonyl (C=O) groups is 1. The lowest BCUT2D eigenvalue weighted by molar-refractivity contribution is -0.139. The summed E-state index contributed by atoms with van der Waals surface area (Å²) in [5, 5.41) is 2.69. The molecular formula is C16H18ClF3N2O3S. The number of piperidine rings is 1. The first-order valence-corrected chi connectivity index (χ1v) is 10.1. The Morgan fingerprint density at radius 1 is 1.15 bits per heavy atom. The minimum atomic E-state index is -4.84. The van der Waals surface area contributed by atoms with E-state index in [1.807, 2.05) is 0 Å². The summed E-state index contributed by atoms with van der Waals surface area (Å²) in [6, 6.07) is 2.84. The molecular weight excluding hydrogens is 393 g/mol. The summed E-state index contributed by atoms with van der Waals surface area (Å²) in [4.78, 5) is 11.2. The van der Waals surface area contributed by atoms with Gasteiger partial charge in [0.2, 0.25) is 15.9 Å². The van der Waals surface area contributed by atoms with E-state index in [0.29, 0.717) is 6.07 Å². The van der Waals surface area contributed by atoms with Gasteiger partial charge < -0.3 is 5.32 Å². The summed E-state index contributed by atoms with van der Waals surface area (Å²) in [7, 11) is -4.33. The van der Waals surface area contributed by atoms with Crippen LogP contribution in [0.5, 0.6) is 0 Å². The van der Waals surface area contributed by atoms with Crippen LogP contribution in [-0.2, 0) is 21.0 Å². The Kier molecular flexibility index (Phi) is 5.24. The molecule has 5 nitrogen and oxygen atoms in total. The van der Waals surface area contributed by atoms with Gasteiger partial charge in [0.1, 0.15) is 0 Å². The van der Waals surface area contributed by atoms with Crippen molar-refractivity contribution in [3.8, 4) is 0 Å². The highest BCUT2D eigenvalue weighted by Gasteiger charge is 2.41. The maximum atomic E-state index is 13.2. The number of nitrogens with one attached hydrogen (secondary N) is 1. The van der Waals surface area contributed by atoms with E-state index in [1.165, 1.54) is 0 Å². The van der Waals surface area contributed by atoms with E-state index in [4.69, 9.17) is 11.6 Å². The van der Waals surface area contributed by atoms with Gasteiger partial charge >= 0.3 is 6.18 Å². The quantitative estimate of drug-likeness (QED) is 0.829. The summed E-state index contributed by atoms with van der Waals surface area (Å²) < 4.78 is 66.1. The number of halogens is 4. The van der Waals surface area contributed by atoms with E-state index in [9.17, 15) is 26.4 Å². The molecule has 1 aliphatic carbocycles. The highest BCUT2D eigenvalue weighted by Crippen LogP contribution is 2.37. The number of nitrogens with zero attached hydrogens (tertiary/aromatic N) is 1. The van der Waals surface area contributed by atoms with Gasteiger partial charge in [0.05, 0.1) is 10.5 Å². The average Bonchev–Trinajstić information content (AvgIpc) is 3.38. The number of sulfonamides is 1. The molecule has 0 unspecified atom stereocenters. The average molecular weight is 411 g/mol. The van der Waals surface area contributed by atoms with Gasteiger partial charge in [-0.15, -0.1) is 0 Å². The fourth-order valence-corrected chi connectivity index (χ4v) is 4.83. The number of amides is 1. The van der Waals surface area contributed by atoms with Gasteiger partial charge in [0.25, 0.3) is 0 Å². The second-order valence-electron chi connectivity index (χ2n) is 6.60. The Morgan fingerprint density at radius 3 is 2.31 bits per heavy atom. The topological polar surface area (TPSA) is 66.5 Å². The molecule has 2 aliphatic rings. The van der Waals surface area contributed by atoms with Gasteiger partial charge in [-0.25, -0.2) is 8.42 Å². The van der Waals surface area contributed by atoms with E-state index in [0.717, 1.165) is 29.3 Å². The molecule has 1 aliphatic heterocycles. The third-order valence-electron chi connectivity index (χ3n) is 4.61. The number of hydrogen-bond acceptors (Lipinski definition) is 3. The smallest absolute Gasteiger partial charge is 0.353 e. The van der Waals surface area contributed by atoms with Gasteiger partial charge in [-0.3, -0.25) is 4.79 Å². The Hall–Kier alpha value is -1.32.